The molecule has 0 bridgehead atoms. The molecule has 0 aliphatic carbocycles. The fourth-order valence-electron chi connectivity index (χ4n) is 3.11. The number of benzene rings is 1. The molecule has 3 rings (SSSR count). The van der Waals surface area contributed by atoms with E-state index < -0.39 is 0 Å². The number of hydrogen-bond acceptors (Lipinski definition) is 4. The van der Waals surface area contributed by atoms with Gasteiger partial charge in [0.05, 0.1) is 18.0 Å². The van der Waals surface area contributed by atoms with Gasteiger partial charge in [-0.25, -0.2) is 0 Å². The summed E-state index contributed by atoms with van der Waals surface area (Å²) in [5.41, 5.74) is 3.61. The third-order valence-corrected chi connectivity index (χ3v) is 4.62. The molecule has 1 aromatic carbocycles. The van der Waals surface area contributed by atoms with E-state index in [2.05, 4.69) is 41.6 Å². The lowest BCUT2D eigenvalue weighted by molar-refractivity contribution is 0.0859. The van der Waals surface area contributed by atoms with Crippen molar-refractivity contribution in [3.63, 3.8) is 0 Å². The predicted octanol–water partition coefficient (Wildman–Crippen LogP) is 3.70. The lowest BCUT2D eigenvalue weighted by atomic mass is 10.0. The Balaban J connectivity index is 1.55. The Labute approximate surface area is 160 Å². The summed E-state index contributed by atoms with van der Waals surface area (Å²) in [6.07, 6.45) is 1.59. The van der Waals surface area contributed by atoms with E-state index in [0.29, 0.717) is 12.2 Å². The second-order valence-corrected chi connectivity index (χ2v) is 7.61. The molecule has 1 amide bonds. The highest BCUT2D eigenvalue weighted by atomic mass is 16.6. The van der Waals surface area contributed by atoms with Crippen LogP contribution in [0.4, 0.5) is 0 Å². The lowest BCUT2D eigenvalue weighted by Crippen LogP contribution is -2.31. The van der Waals surface area contributed by atoms with Crippen LogP contribution >= 0.6 is 0 Å². The van der Waals surface area contributed by atoms with E-state index in [4.69, 9.17) is 4.84 Å². The second-order valence-electron chi connectivity index (χ2n) is 7.61. The summed E-state index contributed by atoms with van der Waals surface area (Å²) in [5, 5.41) is 11.7. The minimum Gasteiger partial charge on any atom is -0.392 e. The first-order chi connectivity index (χ1) is 12.9. The zero-order valence-corrected chi connectivity index (χ0v) is 16.5. The SMILES string of the molecule is CC(C)c1cc(C(=O)NCC2=NOC(Cc3ccccc3)C2)n(C(C)C)n1. The van der Waals surface area contributed by atoms with Crippen LogP contribution in [0, 0.1) is 0 Å². The summed E-state index contributed by atoms with van der Waals surface area (Å²) in [4.78, 5) is 18.2. The zero-order valence-electron chi connectivity index (χ0n) is 16.5. The Morgan fingerprint density at radius 2 is 2.00 bits per heavy atom. The number of carbonyl (C=O) groups excluding carboxylic acids is 1. The van der Waals surface area contributed by atoms with Crippen LogP contribution in [-0.2, 0) is 11.3 Å². The number of carbonyl (C=O) groups is 1. The molecule has 0 radical (unpaired) electrons. The average Bonchev–Trinajstić information content (AvgIpc) is 3.28. The number of oxime groups is 1. The molecule has 2 aromatic rings. The summed E-state index contributed by atoms with van der Waals surface area (Å²) in [6, 6.07) is 12.2. The fraction of sp³-hybridized carbons (Fsp3) is 0.476. The summed E-state index contributed by atoms with van der Waals surface area (Å²) < 4.78 is 1.79. The van der Waals surface area contributed by atoms with Gasteiger partial charge in [0.15, 0.2) is 0 Å². The fourth-order valence-corrected chi connectivity index (χ4v) is 3.11. The van der Waals surface area contributed by atoms with Crippen LogP contribution < -0.4 is 5.32 Å². The number of nitrogens with one attached hydrogen (secondary N) is 1. The van der Waals surface area contributed by atoms with Gasteiger partial charge < -0.3 is 10.2 Å². The maximum atomic E-state index is 12.7. The van der Waals surface area contributed by atoms with Crippen LogP contribution in [0.25, 0.3) is 0 Å². The highest BCUT2D eigenvalue weighted by molar-refractivity contribution is 5.97. The molecule has 144 valence electrons. The maximum Gasteiger partial charge on any atom is 0.269 e. The number of rotatable bonds is 7. The summed E-state index contributed by atoms with van der Waals surface area (Å²) >= 11 is 0. The quantitative estimate of drug-likeness (QED) is 0.810. The van der Waals surface area contributed by atoms with Gasteiger partial charge in [-0.05, 0) is 31.4 Å². The van der Waals surface area contributed by atoms with Crippen molar-refractivity contribution in [3.8, 4) is 0 Å². The molecular formula is C21H28N4O2. The molecule has 0 spiro atoms. The van der Waals surface area contributed by atoms with Gasteiger partial charge in [-0.3, -0.25) is 9.48 Å². The summed E-state index contributed by atoms with van der Waals surface area (Å²) in [5.74, 6) is 0.153. The summed E-state index contributed by atoms with van der Waals surface area (Å²) in [7, 11) is 0. The van der Waals surface area contributed by atoms with Crippen LogP contribution in [0.15, 0.2) is 41.6 Å². The molecule has 27 heavy (non-hydrogen) atoms. The van der Waals surface area contributed by atoms with Crippen molar-refractivity contribution < 1.29 is 9.63 Å². The van der Waals surface area contributed by atoms with Crippen molar-refractivity contribution in [1.82, 2.24) is 15.1 Å². The Hall–Kier alpha value is -2.63. The minimum atomic E-state index is -0.127. The summed E-state index contributed by atoms with van der Waals surface area (Å²) in [6.45, 7) is 8.59. The Morgan fingerprint density at radius 3 is 2.67 bits per heavy atom. The third kappa shape index (κ3) is 4.76. The van der Waals surface area contributed by atoms with E-state index in [0.717, 1.165) is 24.2 Å². The highest BCUT2D eigenvalue weighted by Crippen LogP contribution is 2.19. The Morgan fingerprint density at radius 1 is 1.26 bits per heavy atom. The van der Waals surface area contributed by atoms with E-state index in [-0.39, 0.29) is 24.0 Å². The average molecular weight is 368 g/mol. The van der Waals surface area contributed by atoms with Crippen LogP contribution in [0.5, 0.6) is 0 Å². The molecule has 1 atom stereocenters. The van der Waals surface area contributed by atoms with Gasteiger partial charge in [0.25, 0.3) is 5.91 Å². The standard InChI is InChI=1S/C21H28N4O2/c1-14(2)19-12-20(25(23-19)15(3)4)21(26)22-13-17-11-18(27-24-17)10-16-8-6-5-7-9-16/h5-9,12,14-15,18H,10-11,13H2,1-4H3,(H,22,26). The molecule has 6 heteroatoms. The van der Waals surface area contributed by atoms with Crippen LogP contribution in [-0.4, -0.2) is 34.0 Å². The lowest BCUT2D eigenvalue weighted by Gasteiger charge is -2.11. The van der Waals surface area contributed by atoms with E-state index in [1.807, 2.05) is 38.1 Å². The second kappa shape index (κ2) is 8.37. The van der Waals surface area contributed by atoms with Crippen molar-refractivity contribution in [2.75, 3.05) is 6.54 Å². The number of nitrogens with zero attached hydrogens (tertiary/aromatic N) is 3. The van der Waals surface area contributed by atoms with Crippen LogP contribution in [0.1, 0.15) is 67.8 Å². The normalized spacial score (nSPS) is 16.5. The van der Waals surface area contributed by atoms with E-state index in [1.54, 1.807) is 4.68 Å². The van der Waals surface area contributed by atoms with Gasteiger partial charge in [-0.2, -0.15) is 5.10 Å². The van der Waals surface area contributed by atoms with Gasteiger partial charge in [0.1, 0.15) is 11.8 Å². The molecule has 1 unspecified atom stereocenters. The van der Waals surface area contributed by atoms with Crippen molar-refractivity contribution >= 4 is 11.6 Å². The molecule has 2 heterocycles. The number of amides is 1. The topological polar surface area (TPSA) is 68.5 Å². The Kier molecular flexibility index (Phi) is 5.94. The molecule has 1 aliphatic heterocycles. The molecule has 0 saturated heterocycles. The van der Waals surface area contributed by atoms with Crippen molar-refractivity contribution in [2.24, 2.45) is 5.16 Å². The first-order valence-electron chi connectivity index (χ1n) is 9.57. The van der Waals surface area contributed by atoms with Gasteiger partial charge >= 0.3 is 0 Å². The molecule has 0 fully saturated rings. The van der Waals surface area contributed by atoms with E-state index >= 15 is 0 Å². The van der Waals surface area contributed by atoms with Crippen molar-refractivity contribution in [1.29, 1.82) is 0 Å². The van der Waals surface area contributed by atoms with Crippen molar-refractivity contribution in [3.05, 3.63) is 53.3 Å². The molecule has 1 N–H and O–H groups in total. The molecule has 1 aromatic heterocycles. The van der Waals surface area contributed by atoms with Crippen LogP contribution in [0.2, 0.25) is 0 Å². The van der Waals surface area contributed by atoms with Crippen molar-refractivity contribution in [2.45, 2.75) is 58.6 Å². The molecule has 1 aliphatic rings. The molecule has 6 nitrogen and oxygen atoms in total. The monoisotopic (exact) mass is 368 g/mol. The van der Waals surface area contributed by atoms with E-state index in [1.165, 1.54) is 5.56 Å². The zero-order chi connectivity index (χ0) is 19.4. The predicted molar refractivity (Wildman–Crippen MR) is 106 cm³/mol. The first-order valence-corrected chi connectivity index (χ1v) is 9.57. The first kappa shape index (κ1) is 19.1. The Bertz CT molecular complexity index is 809. The maximum absolute atomic E-state index is 12.7. The van der Waals surface area contributed by atoms with Gasteiger partial charge in [-0.15, -0.1) is 0 Å². The number of aromatic nitrogens is 2. The highest BCUT2D eigenvalue weighted by Gasteiger charge is 2.23. The van der Waals surface area contributed by atoms with Gasteiger partial charge in [0, 0.05) is 18.9 Å². The van der Waals surface area contributed by atoms with Crippen LogP contribution in [0.3, 0.4) is 0 Å². The van der Waals surface area contributed by atoms with Gasteiger partial charge in [0.2, 0.25) is 0 Å². The molecule has 0 saturated carbocycles. The van der Waals surface area contributed by atoms with Gasteiger partial charge in [-0.1, -0.05) is 49.3 Å². The largest absolute Gasteiger partial charge is 0.392 e. The third-order valence-electron chi connectivity index (χ3n) is 4.62. The minimum absolute atomic E-state index is 0.0352. The molecular weight excluding hydrogens is 340 g/mol. The van der Waals surface area contributed by atoms with E-state index in [9.17, 15) is 4.79 Å². The smallest absolute Gasteiger partial charge is 0.269 e. The number of hydrogen-bond donors (Lipinski definition) is 1.